The Morgan fingerprint density at radius 2 is 2.42 bits per heavy atom. The number of nitro groups is 1. The maximum atomic E-state index is 11.0. The quantitative estimate of drug-likeness (QED) is 0.196. The van der Waals surface area contributed by atoms with Crippen LogP contribution in [-0.2, 0) is 0 Å². The van der Waals surface area contributed by atoms with Crippen molar-refractivity contribution in [3.05, 3.63) is 44.0 Å². The van der Waals surface area contributed by atoms with E-state index in [0.29, 0.717) is 24.1 Å². The molecule has 1 rings (SSSR count). The molecule has 0 aromatic carbocycles. The molecule has 0 N–H and O–H groups in total. The number of nitrogens with zero attached hydrogens (tertiary/aromatic N) is 5. The smallest absolute Gasteiger partial charge is 0.334 e. The molecule has 19 heavy (non-hydrogen) atoms. The van der Waals surface area contributed by atoms with Crippen molar-refractivity contribution in [3.63, 3.8) is 0 Å². The van der Waals surface area contributed by atoms with E-state index in [1.54, 1.807) is 19.1 Å². The first-order chi connectivity index (χ1) is 9.11. The Morgan fingerprint density at radius 1 is 1.68 bits per heavy atom. The van der Waals surface area contributed by atoms with Gasteiger partial charge in [0.25, 0.3) is 5.88 Å². The molecule has 0 bridgehead atoms. The highest BCUT2D eigenvalue weighted by Gasteiger charge is 2.21. The van der Waals surface area contributed by atoms with E-state index in [2.05, 4.69) is 15.0 Å². The molecule has 0 unspecified atom stereocenters. The van der Waals surface area contributed by atoms with E-state index in [1.165, 1.54) is 13.3 Å². The van der Waals surface area contributed by atoms with Gasteiger partial charge in [0.2, 0.25) is 0 Å². The molecule has 1 aromatic rings. The van der Waals surface area contributed by atoms with Crippen LogP contribution in [0, 0.1) is 17.0 Å². The number of ether oxygens (including phenoxy) is 1. The van der Waals surface area contributed by atoms with Gasteiger partial charge >= 0.3 is 5.69 Å². The van der Waals surface area contributed by atoms with Crippen molar-refractivity contribution in [2.75, 3.05) is 13.7 Å². The summed E-state index contributed by atoms with van der Waals surface area (Å²) in [7, 11) is 1.34. The summed E-state index contributed by atoms with van der Waals surface area (Å²) in [5, 5.41) is 14.4. The Bertz CT molecular complexity index is 550. The Kier molecular flexibility index (Phi) is 5.31. The fourth-order valence-electron chi connectivity index (χ4n) is 1.50. The number of aromatic nitrogens is 1. The van der Waals surface area contributed by atoms with Crippen LogP contribution in [0.15, 0.2) is 17.4 Å². The summed E-state index contributed by atoms with van der Waals surface area (Å²) in [6.07, 6.45) is 5.55. The molecule has 0 radical (unpaired) electrons. The molecule has 0 fully saturated rings. The fraction of sp³-hybridized carbons (Fsp3) is 0.364. The van der Waals surface area contributed by atoms with Crippen LogP contribution in [0.2, 0.25) is 0 Å². The number of hydrogen-bond donors (Lipinski definition) is 0. The first-order valence-corrected chi connectivity index (χ1v) is 5.47. The summed E-state index contributed by atoms with van der Waals surface area (Å²) in [6.45, 7) is 1.98. The Balaban J connectivity index is 3.00. The van der Waals surface area contributed by atoms with Gasteiger partial charge < -0.3 is 4.74 Å². The molecule has 0 saturated carbocycles. The van der Waals surface area contributed by atoms with Crippen molar-refractivity contribution in [2.24, 2.45) is 5.11 Å². The van der Waals surface area contributed by atoms with Crippen LogP contribution in [0.25, 0.3) is 16.5 Å². The Labute approximate surface area is 109 Å². The lowest BCUT2D eigenvalue weighted by atomic mass is 10.1. The minimum Gasteiger partial charge on any atom is -0.476 e. The number of hydrogen-bond acceptors (Lipinski definition) is 5. The fourth-order valence-corrected chi connectivity index (χ4v) is 1.50. The lowest BCUT2D eigenvalue weighted by Crippen LogP contribution is -2.00. The number of methoxy groups -OCH3 is 1. The second-order valence-corrected chi connectivity index (χ2v) is 3.60. The summed E-state index contributed by atoms with van der Waals surface area (Å²) in [5.74, 6) is -0.00581. The molecule has 0 spiro atoms. The van der Waals surface area contributed by atoms with Crippen LogP contribution in [0.3, 0.4) is 0 Å². The van der Waals surface area contributed by atoms with Gasteiger partial charge in [-0.2, -0.15) is 0 Å². The van der Waals surface area contributed by atoms with Gasteiger partial charge in [-0.1, -0.05) is 17.3 Å². The van der Waals surface area contributed by atoms with E-state index in [-0.39, 0.29) is 11.6 Å². The van der Waals surface area contributed by atoms with Crippen LogP contribution in [0.5, 0.6) is 5.88 Å². The van der Waals surface area contributed by atoms with E-state index in [4.69, 9.17) is 10.3 Å². The van der Waals surface area contributed by atoms with E-state index < -0.39 is 4.92 Å². The van der Waals surface area contributed by atoms with Crippen molar-refractivity contribution < 1.29 is 9.66 Å². The number of rotatable bonds is 6. The zero-order valence-corrected chi connectivity index (χ0v) is 10.6. The van der Waals surface area contributed by atoms with E-state index in [1.807, 2.05) is 0 Å². The average molecular weight is 263 g/mol. The SMILES string of the molecule is COc1ncc(C=CCCN=[N+]=[N-])c(C)c1[N+](=O)[O-]. The molecule has 1 aromatic heterocycles. The molecule has 0 aliphatic heterocycles. The highest BCUT2D eigenvalue weighted by atomic mass is 16.6. The number of pyridine rings is 1. The van der Waals surface area contributed by atoms with Crippen molar-refractivity contribution in [2.45, 2.75) is 13.3 Å². The van der Waals surface area contributed by atoms with Gasteiger partial charge in [0, 0.05) is 28.8 Å². The van der Waals surface area contributed by atoms with Crippen molar-refractivity contribution >= 4 is 11.8 Å². The molecule has 0 atom stereocenters. The molecule has 0 aliphatic carbocycles. The van der Waals surface area contributed by atoms with Crippen LogP contribution in [-0.4, -0.2) is 23.6 Å². The Hall–Kier alpha value is -2.60. The van der Waals surface area contributed by atoms with Crippen LogP contribution < -0.4 is 4.74 Å². The van der Waals surface area contributed by atoms with Crippen LogP contribution in [0.1, 0.15) is 17.5 Å². The molecule has 0 aliphatic rings. The third kappa shape index (κ3) is 3.68. The molecular formula is C11H13N5O3. The zero-order valence-electron chi connectivity index (χ0n) is 10.6. The molecule has 0 amide bonds. The molecular weight excluding hydrogens is 250 g/mol. The summed E-state index contributed by atoms with van der Waals surface area (Å²) >= 11 is 0. The minimum atomic E-state index is -0.515. The lowest BCUT2D eigenvalue weighted by Gasteiger charge is -2.05. The van der Waals surface area contributed by atoms with Gasteiger partial charge in [0.15, 0.2) is 0 Å². The van der Waals surface area contributed by atoms with Crippen LogP contribution in [0.4, 0.5) is 5.69 Å². The van der Waals surface area contributed by atoms with Gasteiger partial charge in [-0.3, -0.25) is 10.1 Å². The Morgan fingerprint density at radius 3 is 3.00 bits per heavy atom. The summed E-state index contributed by atoms with van der Waals surface area (Å²) in [5.41, 5.74) is 9.09. The van der Waals surface area contributed by atoms with Crippen molar-refractivity contribution in [1.82, 2.24) is 4.98 Å². The van der Waals surface area contributed by atoms with Gasteiger partial charge in [-0.05, 0) is 18.9 Å². The van der Waals surface area contributed by atoms with E-state index in [0.717, 1.165) is 0 Å². The highest BCUT2D eigenvalue weighted by Crippen LogP contribution is 2.30. The minimum absolute atomic E-state index is 0.00581. The molecule has 1 heterocycles. The van der Waals surface area contributed by atoms with Crippen molar-refractivity contribution in [1.29, 1.82) is 0 Å². The predicted molar refractivity (Wildman–Crippen MR) is 69.8 cm³/mol. The average Bonchev–Trinajstić information content (AvgIpc) is 2.39. The van der Waals surface area contributed by atoms with E-state index in [9.17, 15) is 10.1 Å². The molecule has 8 heteroatoms. The third-order valence-corrected chi connectivity index (χ3v) is 2.44. The summed E-state index contributed by atoms with van der Waals surface area (Å²) in [6, 6.07) is 0. The van der Waals surface area contributed by atoms with Gasteiger partial charge in [-0.25, -0.2) is 4.98 Å². The topological polar surface area (TPSA) is 114 Å². The van der Waals surface area contributed by atoms with E-state index >= 15 is 0 Å². The maximum absolute atomic E-state index is 11.0. The lowest BCUT2D eigenvalue weighted by molar-refractivity contribution is -0.386. The second-order valence-electron chi connectivity index (χ2n) is 3.60. The van der Waals surface area contributed by atoms with Gasteiger partial charge in [0.1, 0.15) is 0 Å². The first-order valence-electron chi connectivity index (χ1n) is 5.47. The predicted octanol–water partition coefficient (Wildman–Crippen LogP) is 3.02. The molecule has 100 valence electrons. The maximum Gasteiger partial charge on any atom is 0.334 e. The molecule has 8 nitrogen and oxygen atoms in total. The van der Waals surface area contributed by atoms with Crippen LogP contribution >= 0.6 is 0 Å². The molecule has 0 saturated heterocycles. The summed E-state index contributed by atoms with van der Waals surface area (Å²) < 4.78 is 4.87. The summed E-state index contributed by atoms with van der Waals surface area (Å²) in [4.78, 5) is 17.0. The second kappa shape index (κ2) is 6.97. The van der Waals surface area contributed by atoms with Gasteiger partial charge in [-0.15, -0.1) is 0 Å². The van der Waals surface area contributed by atoms with Crippen molar-refractivity contribution in [3.8, 4) is 5.88 Å². The first kappa shape index (κ1) is 14.5. The monoisotopic (exact) mass is 263 g/mol. The largest absolute Gasteiger partial charge is 0.476 e. The highest BCUT2D eigenvalue weighted by molar-refractivity contribution is 5.61. The number of azide groups is 1. The normalized spacial score (nSPS) is 10.2. The third-order valence-electron chi connectivity index (χ3n) is 2.44. The standard InChI is InChI=1S/C11H13N5O3/c1-8-9(5-3-4-6-14-15-12)7-13-11(19-2)10(8)16(17)18/h3,5,7H,4,6H2,1-2H3. The van der Waals surface area contributed by atoms with Gasteiger partial charge in [0.05, 0.1) is 12.0 Å². The zero-order chi connectivity index (χ0) is 14.3.